The fourth-order valence-electron chi connectivity index (χ4n) is 1.06. The Bertz CT molecular complexity index is 254. The molecule has 0 aromatic heterocycles. The lowest BCUT2D eigenvalue weighted by Gasteiger charge is -2.10. The van der Waals surface area contributed by atoms with E-state index in [9.17, 15) is 0 Å². The molecule has 2 N–H and O–H groups in total. The highest BCUT2D eigenvalue weighted by atomic mass is 32.2. The molecule has 0 saturated carbocycles. The van der Waals surface area contributed by atoms with Crippen LogP contribution < -0.4 is 5.14 Å². The summed E-state index contributed by atoms with van der Waals surface area (Å²) in [6.07, 6.45) is 9.12. The van der Waals surface area contributed by atoms with E-state index >= 15 is 0 Å². The Kier molecular flexibility index (Phi) is 4.12. The van der Waals surface area contributed by atoms with Crippen molar-refractivity contribution in [2.75, 3.05) is 0 Å². The lowest BCUT2D eigenvalue weighted by molar-refractivity contribution is 0.144. The highest BCUT2D eigenvalue weighted by Gasteiger charge is 2.01. The van der Waals surface area contributed by atoms with Gasteiger partial charge in [-0.1, -0.05) is 12.2 Å². The average molecular weight is 197 g/mol. The Labute approximate surface area is 83.7 Å². The fraction of sp³-hybridized carbons (Fsp3) is 0.400. The molecule has 2 nitrogen and oxygen atoms in total. The molecule has 1 aliphatic rings. The number of ether oxygens (including phenoxy) is 1. The van der Waals surface area contributed by atoms with Crippen LogP contribution in [0, 0.1) is 0 Å². The lowest BCUT2D eigenvalue weighted by atomic mass is 10.3. The number of allylic oxidation sites excluding steroid dienone is 4. The molecular formula is C10H15NOS. The normalized spacial score (nSPS) is 16.6. The van der Waals surface area contributed by atoms with Gasteiger partial charge in [0.15, 0.2) is 0 Å². The zero-order valence-corrected chi connectivity index (χ0v) is 8.80. The lowest BCUT2D eigenvalue weighted by Crippen LogP contribution is -2.01. The van der Waals surface area contributed by atoms with E-state index in [1.54, 1.807) is 0 Å². The summed E-state index contributed by atoms with van der Waals surface area (Å²) in [6, 6.07) is 0. The van der Waals surface area contributed by atoms with E-state index in [1.165, 1.54) is 11.9 Å². The first kappa shape index (κ1) is 10.4. The van der Waals surface area contributed by atoms with Crippen LogP contribution in [0.5, 0.6) is 0 Å². The maximum absolute atomic E-state index is 5.58. The second-order valence-corrected chi connectivity index (χ2v) is 3.80. The van der Waals surface area contributed by atoms with Gasteiger partial charge in [-0.3, -0.25) is 5.14 Å². The molecule has 0 radical (unpaired) electrons. The highest BCUT2D eigenvalue weighted by molar-refractivity contribution is 8.01. The Balaban J connectivity index is 2.63. The van der Waals surface area contributed by atoms with Crippen molar-refractivity contribution in [1.29, 1.82) is 0 Å². The van der Waals surface area contributed by atoms with E-state index in [4.69, 9.17) is 9.88 Å². The monoisotopic (exact) mass is 197 g/mol. The van der Waals surface area contributed by atoms with Crippen molar-refractivity contribution < 1.29 is 4.74 Å². The third-order valence-corrected chi connectivity index (χ3v) is 2.10. The molecule has 0 unspecified atom stereocenters. The zero-order chi connectivity index (χ0) is 9.68. The molecule has 3 heteroatoms. The summed E-state index contributed by atoms with van der Waals surface area (Å²) in [4.78, 5) is 1.06. The topological polar surface area (TPSA) is 35.2 Å². The van der Waals surface area contributed by atoms with Crippen LogP contribution in [0.15, 0.2) is 35.0 Å². The molecule has 0 spiro atoms. The Morgan fingerprint density at radius 1 is 1.46 bits per heavy atom. The third-order valence-electron chi connectivity index (χ3n) is 1.56. The van der Waals surface area contributed by atoms with Gasteiger partial charge in [0, 0.05) is 11.3 Å². The molecule has 0 amide bonds. The van der Waals surface area contributed by atoms with Crippen molar-refractivity contribution in [2.24, 2.45) is 5.14 Å². The van der Waals surface area contributed by atoms with E-state index in [2.05, 4.69) is 6.08 Å². The molecule has 72 valence electrons. The molecule has 0 aromatic carbocycles. The Morgan fingerprint density at radius 3 is 2.85 bits per heavy atom. The number of hydrogen-bond donors (Lipinski definition) is 1. The zero-order valence-electron chi connectivity index (χ0n) is 7.99. The molecule has 0 fully saturated rings. The third kappa shape index (κ3) is 3.70. The minimum atomic E-state index is 0.236. The summed E-state index contributed by atoms with van der Waals surface area (Å²) in [7, 11) is 0. The predicted octanol–water partition coefficient (Wildman–Crippen LogP) is 2.75. The molecule has 13 heavy (non-hydrogen) atoms. The minimum Gasteiger partial charge on any atom is -0.495 e. The van der Waals surface area contributed by atoms with E-state index in [0.29, 0.717) is 0 Å². The standard InChI is InChI=1S/C10H15NOS/c1-8(2)12-9-4-3-5-10(13-11)7-6-9/h3,5-8H,4,11H2,1-2H3. The Morgan fingerprint density at radius 2 is 2.23 bits per heavy atom. The van der Waals surface area contributed by atoms with Crippen LogP contribution in [-0.2, 0) is 4.74 Å². The van der Waals surface area contributed by atoms with Crippen LogP contribution in [0.4, 0.5) is 0 Å². The second-order valence-electron chi connectivity index (χ2n) is 3.09. The summed E-state index contributed by atoms with van der Waals surface area (Å²) in [5.41, 5.74) is 0. The first-order valence-corrected chi connectivity index (χ1v) is 5.21. The van der Waals surface area contributed by atoms with Crippen LogP contribution in [0.2, 0.25) is 0 Å². The van der Waals surface area contributed by atoms with Gasteiger partial charge in [0.05, 0.1) is 6.10 Å². The molecule has 0 aromatic rings. The average Bonchev–Trinajstić information content (AvgIpc) is 2.29. The Hall–Kier alpha value is -0.670. The van der Waals surface area contributed by atoms with Crippen LogP contribution >= 0.6 is 11.9 Å². The van der Waals surface area contributed by atoms with Crippen molar-refractivity contribution in [3.63, 3.8) is 0 Å². The fourth-order valence-corrected chi connectivity index (χ4v) is 1.38. The van der Waals surface area contributed by atoms with Crippen LogP contribution in [0.1, 0.15) is 20.3 Å². The summed E-state index contributed by atoms with van der Waals surface area (Å²) in [6.45, 7) is 4.05. The number of nitrogens with two attached hydrogens (primary N) is 1. The van der Waals surface area contributed by atoms with Gasteiger partial charge in [0.25, 0.3) is 0 Å². The van der Waals surface area contributed by atoms with E-state index < -0.39 is 0 Å². The predicted molar refractivity (Wildman–Crippen MR) is 57.9 cm³/mol. The van der Waals surface area contributed by atoms with Crippen molar-refractivity contribution in [3.8, 4) is 0 Å². The molecule has 0 heterocycles. The highest BCUT2D eigenvalue weighted by Crippen LogP contribution is 2.18. The van der Waals surface area contributed by atoms with Crippen molar-refractivity contribution in [2.45, 2.75) is 26.4 Å². The maximum Gasteiger partial charge on any atom is 0.100 e. The second kappa shape index (κ2) is 5.14. The van der Waals surface area contributed by atoms with Gasteiger partial charge in [-0.25, -0.2) is 0 Å². The van der Waals surface area contributed by atoms with Gasteiger partial charge in [0.2, 0.25) is 0 Å². The van der Waals surface area contributed by atoms with Crippen LogP contribution in [0.25, 0.3) is 0 Å². The van der Waals surface area contributed by atoms with Crippen molar-refractivity contribution in [1.82, 2.24) is 0 Å². The van der Waals surface area contributed by atoms with Crippen LogP contribution in [0.3, 0.4) is 0 Å². The van der Waals surface area contributed by atoms with Crippen molar-refractivity contribution in [3.05, 3.63) is 35.0 Å². The summed E-state index contributed by atoms with van der Waals surface area (Å²) in [5.74, 6) is 0.996. The largest absolute Gasteiger partial charge is 0.495 e. The van der Waals surface area contributed by atoms with Gasteiger partial charge in [0.1, 0.15) is 5.76 Å². The first-order chi connectivity index (χ1) is 6.22. The van der Waals surface area contributed by atoms with Gasteiger partial charge < -0.3 is 4.74 Å². The quantitative estimate of drug-likeness (QED) is 0.707. The molecule has 0 atom stereocenters. The maximum atomic E-state index is 5.58. The smallest absolute Gasteiger partial charge is 0.100 e. The molecule has 0 aliphatic heterocycles. The number of rotatable bonds is 3. The SMILES string of the molecule is CC(C)OC1=CC=C(SN)C=CC1. The molecule has 0 saturated heterocycles. The molecule has 0 bridgehead atoms. The molecule has 1 aliphatic carbocycles. The molecular weight excluding hydrogens is 182 g/mol. The summed E-state index contributed by atoms with van der Waals surface area (Å²) >= 11 is 1.25. The van der Waals surface area contributed by atoms with E-state index in [-0.39, 0.29) is 6.10 Å². The van der Waals surface area contributed by atoms with Gasteiger partial charge in [-0.15, -0.1) is 0 Å². The first-order valence-electron chi connectivity index (χ1n) is 4.33. The van der Waals surface area contributed by atoms with Crippen LogP contribution in [-0.4, -0.2) is 6.10 Å². The van der Waals surface area contributed by atoms with Gasteiger partial charge in [-0.2, -0.15) is 0 Å². The van der Waals surface area contributed by atoms with E-state index in [0.717, 1.165) is 17.1 Å². The molecule has 1 rings (SSSR count). The minimum absolute atomic E-state index is 0.236. The number of hydrogen-bond acceptors (Lipinski definition) is 3. The van der Waals surface area contributed by atoms with Gasteiger partial charge >= 0.3 is 0 Å². The van der Waals surface area contributed by atoms with E-state index in [1.807, 2.05) is 32.1 Å². The van der Waals surface area contributed by atoms with Gasteiger partial charge in [-0.05, 0) is 37.9 Å². The van der Waals surface area contributed by atoms with Crippen molar-refractivity contribution >= 4 is 11.9 Å². The summed E-state index contributed by atoms with van der Waals surface area (Å²) < 4.78 is 5.58. The summed E-state index contributed by atoms with van der Waals surface area (Å²) in [5, 5.41) is 5.45.